The molecule has 8 heteroatoms. The van der Waals surface area contributed by atoms with Crippen LogP contribution >= 0.6 is 0 Å². The number of hydrogen-bond donors (Lipinski definition) is 4. The summed E-state index contributed by atoms with van der Waals surface area (Å²) in [7, 11) is 0. The highest BCUT2D eigenvalue weighted by atomic mass is 16.5. The van der Waals surface area contributed by atoms with Crippen LogP contribution in [0, 0.1) is 5.92 Å². The van der Waals surface area contributed by atoms with Crippen LogP contribution < -0.4 is 10.6 Å². The number of aliphatic hydroxyl groups is 1. The molecule has 4 rings (SSSR count). The van der Waals surface area contributed by atoms with Gasteiger partial charge in [-0.15, -0.1) is 0 Å². The molecule has 0 aromatic heterocycles. The Bertz CT molecular complexity index is 994. The van der Waals surface area contributed by atoms with Crippen LogP contribution in [0.3, 0.4) is 0 Å². The van der Waals surface area contributed by atoms with E-state index in [0.717, 1.165) is 35.1 Å². The average molecular weight is 453 g/mol. The van der Waals surface area contributed by atoms with Gasteiger partial charge in [0.2, 0.25) is 5.91 Å². The third kappa shape index (κ3) is 5.01. The minimum atomic E-state index is -1.33. The van der Waals surface area contributed by atoms with E-state index in [2.05, 4.69) is 34.9 Å². The highest BCUT2D eigenvalue weighted by molar-refractivity contribution is 5.85. The molecule has 33 heavy (non-hydrogen) atoms. The summed E-state index contributed by atoms with van der Waals surface area (Å²) in [5, 5.41) is 23.3. The van der Waals surface area contributed by atoms with Gasteiger partial charge >= 0.3 is 12.1 Å². The molecule has 8 nitrogen and oxygen atoms in total. The Morgan fingerprint density at radius 3 is 2.24 bits per heavy atom. The lowest BCUT2D eigenvalue weighted by Gasteiger charge is -2.29. The van der Waals surface area contributed by atoms with Crippen LogP contribution in [0.2, 0.25) is 0 Å². The van der Waals surface area contributed by atoms with E-state index in [1.807, 2.05) is 24.3 Å². The molecule has 3 atom stereocenters. The molecule has 0 bridgehead atoms. The van der Waals surface area contributed by atoms with Gasteiger partial charge in [-0.1, -0.05) is 55.0 Å². The van der Waals surface area contributed by atoms with Gasteiger partial charge in [-0.25, -0.2) is 9.59 Å². The van der Waals surface area contributed by atoms with Crippen molar-refractivity contribution >= 4 is 18.0 Å². The molecule has 2 aliphatic carbocycles. The number of aliphatic hydroxyl groups excluding tert-OH is 1. The molecule has 2 unspecified atom stereocenters. The van der Waals surface area contributed by atoms with Crippen molar-refractivity contribution in [3.05, 3.63) is 59.7 Å². The summed E-state index contributed by atoms with van der Waals surface area (Å²) in [5.74, 6) is -2.16. The zero-order valence-corrected chi connectivity index (χ0v) is 18.2. The predicted molar refractivity (Wildman–Crippen MR) is 121 cm³/mol. The molecule has 2 aromatic rings. The number of nitrogens with one attached hydrogen (secondary N) is 2. The van der Waals surface area contributed by atoms with Crippen LogP contribution in [0.1, 0.15) is 42.7 Å². The van der Waals surface area contributed by atoms with Crippen LogP contribution in [-0.2, 0) is 14.3 Å². The Labute approximate surface area is 192 Å². The zero-order chi connectivity index (χ0) is 23.4. The Kier molecular flexibility index (Phi) is 6.93. The lowest BCUT2D eigenvalue weighted by Crippen LogP contribution is -2.48. The smallest absolute Gasteiger partial charge is 0.407 e. The molecule has 4 N–H and O–H groups in total. The summed E-state index contributed by atoms with van der Waals surface area (Å²) in [5.41, 5.74) is 4.59. The summed E-state index contributed by atoms with van der Waals surface area (Å²) in [6, 6.07) is 14.7. The number of alkyl carbamates (subject to hydrolysis) is 1. The quantitative estimate of drug-likeness (QED) is 0.512. The molecule has 1 fully saturated rings. The van der Waals surface area contributed by atoms with E-state index in [0.29, 0.717) is 12.8 Å². The first kappa shape index (κ1) is 22.8. The maximum absolute atomic E-state index is 12.5. The number of carboxylic acid groups (broad SMARTS) is 1. The summed E-state index contributed by atoms with van der Waals surface area (Å²) in [4.78, 5) is 36.0. The van der Waals surface area contributed by atoms with Crippen LogP contribution in [0.15, 0.2) is 48.5 Å². The van der Waals surface area contributed by atoms with Crippen LogP contribution in [-0.4, -0.2) is 53.5 Å². The summed E-state index contributed by atoms with van der Waals surface area (Å²) in [6.07, 6.45) is 1.92. The van der Waals surface area contributed by atoms with Gasteiger partial charge in [0.05, 0.1) is 6.61 Å². The molecule has 174 valence electrons. The normalized spacial score (nSPS) is 20.3. The first-order valence-corrected chi connectivity index (χ1v) is 11.2. The van der Waals surface area contributed by atoms with Crippen molar-refractivity contribution in [1.82, 2.24) is 10.6 Å². The van der Waals surface area contributed by atoms with Crippen LogP contribution in [0.25, 0.3) is 11.1 Å². The van der Waals surface area contributed by atoms with Crippen molar-refractivity contribution in [2.24, 2.45) is 5.92 Å². The number of aliphatic carboxylic acids is 1. The van der Waals surface area contributed by atoms with Gasteiger partial charge < -0.3 is 25.6 Å². The highest BCUT2D eigenvalue weighted by Crippen LogP contribution is 2.44. The van der Waals surface area contributed by atoms with Gasteiger partial charge in [-0.05, 0) is 41.5 Å². The Hall–Kier alpha value is -3.39. The fourth-order valence-corrected chi connectivity index (χ4v) is 4.84. The molecule has 0 heterocycles. The van der Waals surface area contributed by atoms with Crippen LogP contribution in [0.5, 0.6) is 0 Å². The molecule has 0 spiro atoms. The second kappa shape index (κ2) is 10.0. The van der Waals surface area contributed by atoms with E-state index in [-0.39, 0.29) is 18.6 Å². The third-order valence-corrected chi connectivity index (χ3v) is 6.51. The molecule has 2 aliphatic rings. The molecule has 2 amide bonds. The van der Waals surface area contributed by atoms with Crippen molar-refractivity contribution in [1.29, 1.82) is 0 Å². The maximum Gasteiger partial charge on any atom is 0.407 e. The summed E-state index contributed by atoms with van der Waals surface area (Å²) >= 11 is 0. The number of hydrogen-bond acceptors (Lipinski definition) is 5. The molecule has 0 aliphatic heterocycles. The molecule has 0 saturated heterocycles. The first-order valence-electron chi connectivity index (χ1n) is 11.2. The molecule has 2 aromatic carbocycles. The number of benzene rings is 2. The third-order valence-electron chi connectivity index (χ3n) is 6.51. The van der Waals surface area contributed by atoms with Gasteiger partial charge in [0.15, 0.2) is 0 Å². The lowest BCUT2D eigenvalue weighted by molar-refractivity contribution is -0.143. The Morgan fingerprint density at radius 1 is 1.00 bits per heavy atom. The van der Waals surface area contributed by atoms with E-state index in [1.54, 1.807) is 0 Å². The minimum absolute atomic E-state index is 0.0283. The predicted octanol–water partition coefficient (Wildman–Crippen LogP) is 2.65. The van der Waals surface area contributed by atoms with Gasteiger partial charge in [0.1, 0.15) is 12.6 Å². The summed E-state index contributed by atoms with van der Waals surface area (Å²) < 4.78 is 5.59. The van der Waals surface area contributed by atoms with Gasteiger partial charge in [0.25, 0.3) is 0 Å². The number of rotatable bonds is 7. The number of amides is 2. The van der Waals surface area contributed by atoms with Gasteiger partial charge in [-0.3, -0.25) is 4.79 Å². The SMILES string of the molecule is O=C(NC1CCCC(C(=O)N[C@H](CO)C(=O)O)C1)OCC1c2ccccc2-c2ccccc21. The zero-order valence-electron chi connectivity index (χ0n) is 18.2. The largest absolute Gasteiger partial charge is 0.480 e. The van der Waals surface area contributed by atoms with E-state index in [9.17, 15) is 14.4 Å². The molecule has 1 saturated carbocycles. The van der Waals surface area contributed by atoms with E-state index in [4.69, 9.17) is 14.9 Å². The molecular weight excluding hydrogens is 424 g/mol. The van der Waals surface area contributed by atoms with Gasteiger partial charge in [0, 0.05) is 17.9 Å². The first-order chi connectivity index (χ1) is 16.0. The number of carboxylic acids is 1. The fourth-order valence-electron chi connectivity index (χ4n) is 4.84. The average Bonchev–Trinajstić information content (AvgIpc) is 3.14. The molecule has 0 radical (unpaired) electrons. The Morgan fingerprint density at radius 2 is 1.64 bits per heavy atom. The standard InChI is InChI=1S/C25H28N2O6/c28-13-22(24(30)31)27-23(29)15-6-5-7-16(12-15)26-25(32)33-14-21-19-10-3-1-8-17(19)18-9-2-4-11-20(18)21/h1-4,8-11,15-16,21-22,28H,5-7,12-14H2,(H,26,32)(H,27,29)(H,30,31)/t15?,16?,22-/m1/s1. The fraction of sp³-hybridized carbons (Fsp3) is 0.400. The van der Waals surface area contributed by atoms with Crippen molar-refractivity contribution in [2.75, 3.05) is 13.2 Å². The minimum Gasteiger partial charge on any atom is -0.480 e. The van der Waals surface area contributed by atoms with Crippen LogP contribution in [0.4, 0.5) is 4.79 Å². The lowest BCUT2D eigenvalue weighted by atomic mass is 9.85. The number of carbonyl (C=O) groups excluding carboxylic acids is 2. The van der Waals surface area contributed by atoms with Crippen molar-refractivity contribution in [3.8, 4) is 11.1 Å². The molecular formula is C25H28N2O6. The van der Waals surface area contributed by atoms with Crippen molar-refractivity contribution in [2.45, 2.75) is 43.7 Å². The van der Waals surface area contributed by atoms with Crippen molar-refractivity contribution < 1.29 is 29.3 Å². The maximum atomic E-state index is 12.5. The number of carbonyl (C=O) groups is 3. The Balaban J connectivity index is 1.32. The monoisotopic (exact) mass is 452 g/mol. The second-order valence-electron chi connectivity index (χ2n) is 8.61. The topological polar surface area (TPSA) is 125 Å². The highest BCUT2D eigenvalue weighted by Gasteiger charge is 2.32. The van der Waals surface area contributed by atoms with Gasteiger partial charge in [-0.2, -0.15) is 0 Å². The van der Waals surface area contributed by atoms with Crippen molar-refractivity contribution in [3.63, 3.8) is 0 Å². The number of ether oxygens (including phenoxy) is 1. The second-order valence-corrected chi connectivity index (χ2v) is 8.61. The van der Waals surface area contributed by atoms with E-state index in [1.165, 1.54) is 0 Å². The number of fused-ring (bicyclic) bond motifs is 3. The van der Waals surface area contributed by atoms with E-state index >= 15 is 0 Å². The van der Waals surface area contributed by atoms with E-state index < -0.39 is 36.5 Å². The summed E-state index contributed by atoms with van der Waals surface area (Å²) in [6.45, 7) is -0.456.